The predicted molar refractivity (Wildman–Crippen MR) is 90.7 cm³/mol. The summed E-state index contributed by atoms with van der Waals surface area (Å²) in [5.41, 5.74) is -0.463. The van der Waals surface area contributed by atoms with Crippen molar-refractivity contribution in [3.05, 3.63) is 52.8 Å². The number of nitrogens with one attached hydrogen (secondary N) is 1. The number of rotatable bonds is 3. The van der Waals surface area contributed by atoms with Crippen LogP contribution < -0.4 is 5.32 Å². The van der Waals surface area contributed by atoms with E-state index in [1.807, 2.05) is 0 Å². The maximum absolute atomic E-state index is 13.1. The van der Waals surface area contributed by atoms with Gasteiger partial charge in [0, 0.05) is 18.1 Å². The van der Waals surface area contributed by atoms with Crippen molar-refractivity contribution in [1.82, 2.24) is 9.88 Å². The lowest BCUT2D eigenvalue weighted by atomic mass is 10.1. The number of ether oxygens (including phenoxy) is 1. The van der Waals surface area contributed by atoms with E-state index >= 15 is 0 Å². The third-order valence-electron chi connectivity index (χ3n) is 3.85. The number of benzene rings is 1. The minimum atomic E-state index is -4.55. The van der Waals surface area contributed by atoms with Gasteiger partial charge < -0.3 is 15.0 Å². The second-order valence-corrected chi connectivity index (χ2v) is 6.09. The summed E-state index contributed by atoms with van der Waals surface area (Å²) in [6.07, 6.45) is -3.23. The van der Waals surface area contributed by atoms with E-state index in [2.05, 4.69) is 10.3 Å². The Morgan fingerprint density at radius 1 is 1.19 bits per heavy atom. The predicted octanol–water partition coefficient (Wildman–Crippen LogP) is 3.97. The average Bonchev–Trinajstić information content (AvgIpc) is 2.63. The number of amides is 1. The van der Waals surface area contributed by atoms with Crippen molar-refractivity contribution < 1.29 is 22.7 Å². The molecule has 0 spiro atoms. The lowest BCUT2D eigenvalue weighted by Gasteiger charge is -2.26. The summed E-state index contributed by atoms with van der Waals surface area (Å²) >= 11 is 5.66. The average molecular weight is 386 g/mol. The van der Waals surface area contributed by atoms with Gasteiger partial charge in [0.2, 0.25) is 0 Å². The maximum Gasteiger partial charge on any atom is 0.418 e. The minimum absolute atomic E-state index is 0.00699. The Kier molecular flexibility index (Phi) is 5.33. The fourth-order valence-corrected chi connectivity index (χ4v) is 2.71. The third-order valence-corrected chi connectivity index (χ3v) is 4.08. The summed E-state index contributed by atoms with van der Waals surface area (Å²) in [5.74, 6) is -0.234. The van der Waals surface area contributed by atoms with Gasteiger partial charge in [-0.25, -0.2) is 4.98 Å². The molecule has 1 aromatic carbocycles. The largest absolute Gasteiger partial charge is 0.418 e. The molecule has 1 saturated heterocycles. The third kappa shape index (κ3) is 4.25. The van der Waals surface area contributed by atoms with Crippen molar-refractivity contribution in [2.75, 3.05) is 31.6 Å². The van der Waals surface area contributed by atoms with Gasteiger partial charge in [0.05, 0.1) is 36.3 Å². The van der Waals surface area contributed by atoms with Crippen molar-refractivity contribution in [2.24, 2.45) is 0 Å². The number of pyridine rings is 1. The summed E-state index contributed by atoms with van der Waals surface area (Å²) in [7, 11) is 0. The van der Waals surface area contributed by atoms with Gasteiger partial charge in [-0.2, -0.15) is 13.2 Å². The normalized spacial score (nSPS) is 15.0. The van der Waals surface area contributed by atoms with Gasteiger partial charge in [0.15, 0.2) is 0 Å². The fourth-order valence-electron chi connectivity index (χ4n) is 2.54. The second kappa shape index (κ2) is 7.51. The van der Waals surface area contributed by atoms with Gasteiger partial charge in [-0.1, -0.05) is 11.6 Å². The van der Waals surface area contributed by atoms with Crippen LogP contribution in [0.3, 0.4) is 0 Å². The van der Waals surface area contributed by atoms with Crippen molar-refractivity contribution in [2.45, 2.75) is 6.18 Å². The standard InChI is InChI=1S/C17H15ClF3N3O2/c18-11-1-3-14(13(9-11)17(19,20)21)23-12-2-4-15(22-10-12)16(25)24-5-7-26-8-6-24/h1-4,9-10,23H,5-8H2. The lowest BCUT2D eigenvalue weighted by Crippen LogP contribution is -2.41. The molecule has 1 aliphatic rings. The van der Waals surface area contributed by atoms with E-state index in [4.69, 9.17) is 16.3 Å². The van der Waals surface area contributed by atoms with Crippen LogP contribution in [-0.2, 0) is 10.9 Å². The Morgan fingerprint density at radius 3 is 2.54 bits per heavy atom. The van der Waals surface area contributed by atoms with E-state index in [9.17, 15) is 18.0 Å². The SMILES string of the molecule is O=C(c1ccc(Nc2ccc(Cl)cc2C(F)(F)F)cn1)N1CCOCC1. The first-order valence-electron chi connectivity index (χ1n) is 7.81. The molecule has 3 rings (SSSR count). The van der Waals surface area contributed by atoms with Crippen LogP contribution in [0.1, 0.15) is 16.1 Å². The number of halogens is 4. The number of hydrogen-bond donors (Lipinski definition) is 1. The molecule has 2 aromatic rings. The highest BCUT2D eigenvalue weighted by molar-refractivity contribution is 6.30. The zero-order valence-corrected chi connectivity index (χ0v) is 14.3. The Hall–Kier alpha value is -2.32. The molecule has 1 fully saturated rings. The maximum atomic E-state index is 13.1. The van der Waals surface area contributed by atoms with Crippen LogP contribution in [0.2, 0.25) is 5.02 Å². The van der Waals surface area contributed by atoms with Gasteiger partial charge in [-0.05, 0) is 30.3 Å². The number of alkyl halides is 3. The number of carbonyl (C=O) groups excluding carboxylic acids is 1. The van der Waals surface area contributed by atoms with Crippen molar-refractivity contribution in [1.29, 1.82) is 0 Å². The van der Waals surface area contributed by atoms with Gasteiger partial charge in [-0.3, -0.25) is 4.79 Å². The highest BCUT2D eigenvalue weighted by Crippen LogP contribution is 2.37. The van der Waals surface area contributed by atoms with E-state index in [0.717, 1.165) is 6.07 Å². The molecule has 0 bridgehead atoms. The van der Waals surface area contributed by atoms with Crippen molar-refractivity contribution in [3.8, 4) is 0 Å². The van der Waals surface area contributed by atoms with Crippen LogP contribution in [0.25, 0.3) is 0 Å². The van der Waals surface area contributed by atoms with E-state index in [0.29, 0.717) is 32.0 Å². The molecule has 0 saturated carbocycles. The van der Waals surface area contributed by atoms with Gasteiger partial charge in [0.1, 0.15) is 5.69 Å². The second-order valence-electron chi connectivity index (χ2n) is 5.65. The minimum Gasteiger partial charge on any atom is -0.378 e. The smallest absolute Gasteiger partial charge is 0.378 e. The molecule has 0 aliphatic carbocycles. The Labute approximate surface area is 152 Å². The molecule has 9 heteroatoms. The molecule has 1 aromatic heterocycles. The molecule has 5 nitrogen and oxygen atoms in total. The quantitative estimate of drug-likeness (QED) is 0.868. The highest BCUT2D eigenvalue weighted by atomic mass is 35.5. The molecule has 0 radical (unpaired) electrons. The zero-order valence-electron chi connectivity index (χ0n) is 13.5. The number of hydrogen-bond acceptors (Lipinski definition) is 4. The molecular weight excluding hydrogens is 371 g/mol. The number of anilines is 2. The summed E-state index contributed by atoms with van der Waals surface area (Å²) in [6, 6.07) is 6.45. The van der Waals surface area contributed by atoms with Gasteiger partial charge >= 0.3 is 6.18 Å². The molecule has 26 heavy (non-hydrogen) atoms. The van der Waals surface area contributed by atoms with Crippen molar-refractivity contribution in [3.63, 3.8) is 0 Å². The van der Waals surface area contributed by atoms with E-state index < -0.39 is 11.7 Å². The molecule has 1 aliphatic heterocycles. The number of aromatic nitrogens is 1. The monoisotopic (exact) mass is 385 g/mol. The molecule has 0 atom stereocenters. The first kappa shape index (κ1) is 18.5. The molecule has 2 heterocycles. The zero-order chi connectivity index (χ0) is 18.7. The summed E-state index contributed by atoms with van der Waals surface area (Å²) in [6.45, 7) is 1.92. The van der Waals surface area contributed by atoms with Crippen LogP contribution in [0, 0.1) is 0 Å². The molecule has 138 valence electrons. The van der Waals surface area contributed by atoms with Crippen molar-refractivity contribution >= 4 is 28.9 Å². The van der Waals surface area contributed by atoms with Crippen LogP contribution in [0.5, 0.6) is 0 Å². The van der Waals surface area contributed by atoms with Crippen LogP contribution in [0.4, 0.5) is 24.5 Å². The Balaban J connectivity index is 1.77. The van der Waals surface area contributed by atoms with E-state index in [-0.39, 0.29) is 22.3 Å². The summed E-state index contributed by atoms with van der Waals surface area (Å²) < 4.78 is 44.6. The Morgan fingerprint density at radius 2 is 1.92 bits per heavy atom. The first-order valence-corrected chi connectivity index (χ1v) is 8.19. The molecule has 1 amide bonds. The number of nitrogens with zero attached hydrogens (tertiary/aromatic N) is 2. The van der Waals surface area contributed by atoms with Gasteiger partial charge in [-0.15, -0.1) is 0 Å². The fraction of sp³-hybridized carbons (Fsp3) is 0.294. The topological polar surface area (TPSA) is 54.5 Å². The summed E-state index contributed by atoms with van der Waals surface area (Å²) in [5, 5.41) is 2.66. The number of carbonyl (C=O) groups is 1. The van der Waals surface area contributed by atoms with Crippen LogP contribution in [-0.4, -0.2) is 42.1 Å². The number of morpholine rings is 1. The van der Waals surface area contributed by atoms with Crippen LogP contribution >= 0.6 is 11.6 Å². The summed E-state index contributed by atoms with van der Waals surface area (Å²) in [4.78, 5) is 18.0. The Bertz CT molecular complexity index is 791. The van der Waals surface area contributed by atoms with E-state index in [1.165, 1.54) is 30.5 Å². The lowest BCUT2D eigenvalue weighted by molar-refractivity contribution is -0.136. The van der Waals surface area contributed by atoms with Crippen LogP contribution in [0.15, 0.2) is 36.5 Å². The molecular formula is C17H15ClF3N3O2. The highest BCUT2D eigenvalue weighted by Gasteiger charge is 2.33. The molecule has 1 N–H and O–H groups in total. The van der Waals surface area contributed by atoms with Gasteiger partial charge in [0.25, 0.3) is 5.91 Å². The molecule has 0 unspecified atom stereocenters. The first-order chi connectivity index (χ1) is 12.3. The van der Waals surface area contributed by atoms with E-state index in [1.54, 1.807) is 4.90 Å².